The number of rotatable bonds is 5. The second kappa shape index (κ2) is 6.03. The molecule has 0 saturated carbocycles. The molecule has 2 rings (SSSR count). The summed E-state index contributed by atoms with van der Waals surface area (Å²) in [6.45, 7) is 6.02. The predicted molar refractivity (Wildman–Crippen MR) is 86.3 cm³/mol. The molecule has 128 valence electrons. The van der Waals surface area contributed by atoms with E-state index in [1.165, 1.54) is 11.7 Å². The van der Waals surface area contributed by atoms with E-state index in [0.717, 1.165) is 13.1 Å². The van der Waals surface area contributed by atoms with E-state index in [0.29, 0.717) is 11.4 Å². The quantitative estimate of drug-likeness (QED) is 0.872. The minimum atomic E-state index is -3.05. The van der Waals surface area contributed by atoms with Gasteiger partial charge in [0.2, 0.25) is 5.95 Å². The summed E-state index contributed by atoms with van der Waals surface area (Å²) in [4.78, 5) is 8.01. The summed E-state index contributed by atoms with van der Waals surface area (Å²) in [5, 5.41) is 19.1. The maximum Gasteiger partial charge on any atom is 0.275 e. The van der Waals surface area contributed by atoms with Crippen LogP contribution in [-0.4, -0.2) is 26.8 Å². The third-order valence-corrected chi connectivity index (χ3v) is 3.49. The monoisotopic (exact) mass is 335 g/mol. The van der Waals surface area contributed by atoms with Crippen molar-refractivity contribution in [1.29, 1.82) is 5.26 Å². The summed E-state index contributed by atoms with van der Waals surface area (Å²) in [6, 6.07) is 2.15. The van der Waals surface area contributed by atoms with Crippen LogP contribution in [0.1, 0.15) is 32.0 Å². The molecule has 0 aromatic carbocycles. The van der Waals surface area contributed by atoms with E-state index in [1.807, 2.05) is 0 Å². The highest BCUT2D eigenvalue weighted by molar-refractivity contribution is 5.58. The lowest BCUT2D eigenvalue weighted by molar-refractivity contribution is 0.0176. The Bertz CT molecular complexity index is 784. The maximum atomic E-state index is 13.5. The zero-order valence-electron chi connectivity index (χ0n) is 14.1. The van der Waals surface area contributed by atoms with Crippen molar-refractivity contribution in [2.24, 2.45) is 0 Å². The number of nitrogens with one attached hydrogen (secondary N) is 2. The van der Waals surface area contributed by atoms with E-state index < -0.39 is 11.5 Å². The van der Waals surface area contributed by atoms with Crippen LogP contribution in [0.4, 0.5) is 26.2 Å². The summed E-state index contributed by atoms with van der Waals surface area (Å²) >= 11 is 0. The number of alkyl halides is 2. The molecule has 0 aliphatic rings. The largest absolute Gasteiger partial charge is 0.373 e. The van der Waals surface area contributed by atoms with Gasteiger partial charge < -0.3 is 10.6 Å². The Morgan fingerprint density at radius 3 is 2.50 bits per heavy atom. The van der Waals surface area contributed by atoms with E-state index in [-0.39, 0.29) is 17.3 Å². The van der Waals surface area contributed by atoms with Gasteiger partial charge in [-0.25, -0.2) is 13.8 Å². The lowest BCUT2D eigenvalue weighted by atomic mass is 10.1. The van der Waals surface area contributed by atoms with Crippen molar-refractivity contribution in [2.45, 2.75) is 39.2 Å². The Morgan fingerprint density at radius 1 is 1.29 bits per heavy atom. The second-order valence-electron chi connectivity index (χ2n) is 5.96. The normalized spacial score (nSPS) is 11.9. The van der Waals surface area contributed by atoms with Gasteiger partial charge in [0.05, 0.1) is 29.2 Å². The molecule has 0 amide bonds. The zero-order valence-corrected chi connectivity index (χ0v) is 14.1. The molecule has 0 spiro atoms. The number of nitrogens with zero attached hydrogens (tertiary/aromatic N) is 5. The van der Waals surface area contributed by atoms with E-state index >= 15 is 0 Å². The van der Waals surface area contributed by atoms with Crippen LogP contribution in [0.25, 0.3) is 0 Å². The van der Waals surface area contributed by atoms with Crippen molar-refractivity contribution in [3.63, 3.8) is 0 Å². The number of nitriles is 1. The summed E-state index contributed by atoms with van der Waals surface area (Å²) in [7, 11) is 1.51. The van der Waals surface area contributed by atoms with Gasteiger partial charge in [-0.3, -0.25) is 4.68 Å². The molecule has 2 N–H and O–H groups in total. The average molecular weight is 335 g/mol. The van der Waals surface area contributed by atoms with Crippen molar-refractivity contribution in [1.82, 2.24) is 19.7 Å². The van der Waals surface area contributed by atoms with Gasteiger partial charge in [0, 0.05) is 20.2 Å². The smallest absolute Gasteiger partial charge is 0.275 e. The third-order valence-electron chi connectivity index (χ3n) is 3.49. The van der Waals surface area contributed by atoms with Crippen LogP contribution in [0.5, 0.6) is 0 Å². The number of anilines is 3. The summed E-state index contributed by atoms with van der Waals surface area (Å²) in [5.74, 6) is -2.85. The lowest BCUT2D eigenvalue weighted by Gasteiger charge is -2.15. The number of hydrogen-bond donors (Lipinski definition) is 2. The van der Waals surface area contributed by atoms with E-state index in [1.54, 1.807) is 27.0 Å². The van der Waals surface area contributed by atoms with Crippen LogP contribution in [0.2, 0.25) is 0 Å². The Kier molecular flexibility index (Phi) is 4.42. The SMILES string of the molecule is CNc1nc(Nc2cn(C(C)(C)C#N)nc2C)ncc1C(C)(F)F. The van der Waals surface area contributed by atoms with E-state index in [9.17, 15) is 14.0 Å². The van der Waals surface area contributed by atoms with Gasteiger partial charge in [-0.15, -0.1) is 0 Å². The van der Waals surface area contributed by atoms with Crippen LogP contribution >= 0.6 is 0 Å². The molecule has 0 atom stereocenters. The molecule has 7 nitrogen and oxygen atoms in total. The van der Waals surface area contributed by atoms with Gasteiger partial charge in [0.15, 0.2) is 0 Å². The first kappa shape index (κ1) is 17.6. The first-order valence-electron chi connectivity index (χ1n) is 7.26. The van der Waals surface area contributed by atoms with Crippen molar-refractivity contribution < 1.29 is 8.78 Å². The Hall–Kier alpha value is -2.76. The molecule has 2 aromatic heterocycles. The van der Waals surface area contributed by atoms with Gasteiger partial charge in [0.25, 0.3) is 5.92 Å². The molecule has 0 fully saturated rings. The second-order valence-corrected chi connectivity index (χ2v) is 5.96. The topological polar surface area (TPSA) is 91.5 Å². The number of aryl methyl sites for hydroxylation is 1. The molecule has 0 aliphatic heterocycles. The summed E-state index contributed by atoms with van der Waals surface area (Å²) in [6.07, 6.45) is 2.74. The highest BCUT2D eigenvalue weighted by Crippen LogP contribution is 2.32. The van der Waals surface area contributed by atoms with Crippen LogP contribution in [-0.2, 0) is 11.5 Å². The van der Waals surface area contributed by atoms with Gasteiger partial charge in [0.1, 0.15) is 11.4 Å². The molecule has 9 heteroatoms. The molecule has 2 heterocycles. The molecular weight excluding hydrogens is 316 g/mol. The van der Waals surface area contributed by atoms with Crippen LogP contribution < -0.4 is 10.6 Å². The molecule has 0 aliphatic carbocycles. The van der Waals surface area contributed by atoms with Gasteiger partial charge in [-0.1, -0.05) is 0 Å². The molecule has 2 aromatic rings. The number of aromatic nitrogens is 4. The number of halogens is 2. The Balaban J connectivity index is 2.35. The average Bonchev–Trinajstić information content (AvgIpc) is 2.88. The molecule has 0 unspecified atom stereocenters. The molecule has 0 bridgehead atoms. The molecule has 24 heavy (non-hydrogen) atoms. The van der Waals surface area contributed by atoms with Crippen molar-refractivity contribution in [3.8, 4) is 6.07 Å². The summed E-state index contributed by atoms with van der Waals surface area (Å²) in [5.41, 5.74) is 0.137. The van der Waals surface area contributed by atoms with Crippen molar-refractivity contribution >= 4 is 17.5 Å². The first-order chi connectivity index (χ1) is 11.1. The molecular formula is C15H19F2N7. The fourth-order valence-corrected chi connectivity index (χ4v) is 1.99. The van der Waals surface area contributed by atoms with Crippen LogP contribution in [0, 0.1) is 18.3 Å². The number of hydrogen-bond acceptors (Lipinski definition) is 6. The van der Waals surface area contributed by atoms with Crippen LogP contribution in [0.15, 0.2) is 12.4 Å². The lowest BCUT2D eigenvalue weighted by Crippen LogP contribution is -2.24. The molecule has 0 radical (unpaired) electrons. The highest BCUT2D eigenvalue weighted by Gasteiger charge is 2.29. The van der Waals surface area contributed by atoms with E-state index in [4.69, 9.17) is 0 Å². The Morgan fingerprint density at radius 2 is 1.96 bits per heavy atom. The fraction of sp³-hybridized carbons (Fsp3) is 0.467. The first-order valence-corrected chi connectivity index (χ1v) is 7.26. The van der Waals surface area contributed by atoms with Crippen molar-refractivity contribution in [3.05, 3.63) is 23.7 Å². The van der Waals surface area contributed by atoms with E-state index in [2.05, 4.69) is 31.8 Å². The Labute approximate surface area is 138 Å². The van der Waals surface area contributed by atoms with Gasteiger partial charge >= 0.3 is 0 Å². The minimum absolute atomic E-state index is 0.0439. The van der Waals surface area contributed by atoms with Gasteiger partial charge in [-0.05, 0) is 20.8 Å². The maximum absolute atomic E-state index is 13.5. The van der Waals surface area contributed by atoms with Crippen LogP contribution in [0.3, 0.4) is 0 Å². The fourth-order valence-electron chi connectivity index (χ4n) is 1.99. The predicted octanol–water partition coefficient (Wildman–Crippen LogP) is 3.14. The molecule has 0 saturated heterocycles. The van der Waals surface area contributed by atoms with Gasteiger partial charge in [-0.2, -0.15) is 15.3 Å². The van der Waals surface area contributed by atoms with Crippen molar-refractivity contribution in [2.75, 3.05) is 17.7 Å². The highest BCUT2D eigenvalue weighted by atomic mass is 19.3. The summed E-state index contributed by atoms with van der Waals surface area (Å²) < 4.78 is 28.6. The zero-order chi connectivity index (χ0) is 18.1. The minimum Gasteiger partial charge on any atom is -0.373 e. The third kappa shape index (κ3) is 3.42. The standard InChI is InChI=1S/C15H19F2N7/c1-9-11(7-24(23-9)14(2,3)8-18)21-13-20-6-10(15(4,16)17)12(19-5)22-13/h6-7H,1-5H3,(H2,19,20,21,22).